The third kappa shape index (κ3) is 7.54. The maximum Gasteiger partial charge on any atom is 0.331 e. The second-order valence-corrected chi connectivity index (χ2v) is 8.00. The van der Waals surface area contributed by atoms with Crippen molar-refractivity contribution in [2.24, 2.45) is 0 Å². The Labute approximate surface area is 169 Å². The van der Waals surface area contributed by atoms with Crippen molar-refractivity contribution in [1.82, 2.24) is 15.4 Å². The Morgan fingerprint density at radius 1 is 1.14 bits per heavy atom. The summed E-state index contributed by atoms with van der Waals surface area (Å²) in [5.41, 5.74) is 0.394. The largest absolute Gasteiger partial charge is 0.495 e. The Balaban J connectivity index is 2.81. The van der Waals surface area contributed by atoms with Gasteiger partial charge in [0.05, 0.1) is 7.11 Å². The van der Waals surface area contributed by atoms with Crippen molar-refractivity contribution < 1.29 is 32.3 Å². The number of imide groups is 1. The van der Waals surface area contributed by atoms with E-state index in [9.17, 15) is 22.8 Å². The molecule has 0 aliphatic heterocycles. The molecule has 160 valence electrons. The Hall–Kier alpha value is -2.92. The van der Waals surface area contributed by atoms with E-state index in [1.807, 2.05) is 0 Å². The first kappa shape index (κ1) is 24.1. The molecule has 3 amide bonds. The van der Waals surface area contributed by atoms with Crippen LogP contribution in [0.25, 0.3) is 6.08 Å². The summed E-state index contributed by atoms with van der Waals surface area (Å²) in [4.78, 5) is 35.2. The van der Waals surface area contributed by atoms with Gasteiger partial charge in [0.1, 0.15) is 10.6 Å². The van der Waals surface area contributed by atoms with Crippen LogP contribution in [0.15, 0.2) is 29.2 Å². The normalized spacial score (nSPS) is 12.5. The number of esters is 1. The fraction of sp³-hybridized carbons (Fsp3) is 0.389. The molecule has 0 aliphatic rings. The molecule has 3 N–H and O–H groups in total. The van der Waals surface area contributed by atoms with Gasteiger partial charge < -0.3 is 14.8 Å². The van der Waals surface area contributed by atoms with E-state index in [1.165, 1.54) is 39.3 Å². The highest BCUT2D eigenvalue weighted by Gasteiger charge is 2.20. The van der Waals surface area contributed by atoms with Crippen molar-refractivity contribution in [1.29, 1.82) is 0 Å². The number of rotatable bonds is 8. The van der Waals surface area contributed by atoms with Crippen LogP contribution in [0.4, 0.5) is 4.79 Å². The van der Waals surface area contributed by atoms with Crippen LogP contribution in [0.2, 0.25) is 0 Å². The van der Waals surface area contributed by atoms with E-state index in [0.29, 0.717) is 5.56 Å². The smallest absolute Gasteiger partial charge is 0.331 e. The lowest BCUT2D eigenvalue weighted by atomic mass is 10.2. The Morgan fingerprint density at radius 3 is 2.34 bits per heavy atom. The monoisotopic (exact) mass is 427 g/mol. The molecule has 10 nitrogen and oxygen atoms in total. The number of amides is 3. The minimum Gasteiger partial charge on any atom is -0.495 e. The molecule has 1 aromatic rings. The van der Waals surface area contributed by atoms with Gasteiger partial charge in [0, 0.05) is 12.1 Å². The summed E-state index contributed by atoms with van der Waals surface area (Å²) in [5, 5.41) is 4.53. The number of carbonyl (C=O) groups excluding carboxylic acids is 3. The molecule has 1 rings (SSSR count). The number of hydrogen-bond donors (Lipinski definition) is 3. The first-order valence-corrected chi connectivity index (χ1v) is 10.1. The number of hydrogen-bond acceptors (Lipinski definition) is 7. The molecule has 0 spiro atoms. The van der Waals surface area contributed by atoms with Crippen LogP contribution in [0.3, 0.4) is 0 Å². The van der Waals surface area contributed by atoms with Crippen LogP contribution < -0.4 is 20.1 Å². The Bertz CT molecular complexity index is 895. The van der Waals surface area contributed by atoms with E-state index in [-0.39, 0.29) is 16.7 Å². The van der Waals surface area contributed by atoms with Gasteiger partial charge in [0.15, 0.2) is 6.10 Å². The molecule has 0 fully saturated rings. The molecule has 0 radical (unpaired) electrons. The zero-order valence-corrected chi connectivity index (χ0v) is 17.6. The van der Waals surface area contributed by atoms with E-state index < -0.39 is 34.0 Å². The highest BCUT2D eigenvalue weighted by atomic mass is 32.2. The highest BCUT2D eigenvalue weighted by molar-refractivity contribution is 7.89. The molecule has 29 heavy (non-hydrogen) atoms. The lowest BCUT2D eigenvalue weighted by Gasteiger charge is -2.13. The number of urea groups is 1. The van der Waals surface area contributed by atoms with Crippen LogP contribution in [-0.4, -0.2) is 52.6 Å². The van der Waals surface area contributed by atoms with Gasteiger partial charge in [-0.3, -0.25) is 10.1 Å². The van der Waals surface area contributed by atoms with Crippen molar-refractivity contribution in [3.63, 3.8) is 0 Å². The van der Waals surface area contributed by atoms with Crippen molar-refractivity contribution in [3.05, 3.63) is 29.8 Å². The van der Waals surface area contributed by atoms with Crippen LogP contribution in [0.5, 0.6) is 5.75 Å². The van der Waals surface area contributed by atoms with E-state index in [4.69, 9.17) is 9.47 Å². The standard InChI is InChI=1S/C18H25N3O7S/c1-11(2)20-18(24)21-17(23)12(3)28-16(22)9-7-13-6-8-14(27-5)15(10-13)29(25,26)19-4/h6-12,19H,1-5H3,(H2,20,21,23,24)/b9-7+. The topological polar surface area (TPSA) is 140 Å². The second kappa shape index (κ2) is 10.6. The van der Waals surface area contributed by atoms with Gasteiger partial charge in [-0.25, -0.2) is 22.7 Å². The van der Waals surface area contributed by atoms with E-state index in [1.54, 1.807) is 19.9 Å². The quantitative estimate of drug-likeness (QED) is 0.411. The van der Waals surface area contributed by atoms with Gasteiger partial charge >= 0.3 is 12.0 Å². The van der Waals surface area contributed by atoms with E-state index in [0.717, 1.165) is 6.08 Å². The number of methoxy groups -OCH3 is 1. The summed E-state index contributed by atoms with van der Waals surface area (Å²) in [7, 11) is -1.16. The van der Waals surface area contributed by atoms with Crippen molar-refractivity contribution in [2.45, 2.75) is 37.8 Å². The van der Waals surface area contributed by atoms with Crippen molar-refractivity contribution >= 4 is 34.0 Å². The summed E-state index contributed by atoms with van der Waals surface area (Å²) in [6.45, 7) is 4.77. The lowest BCUT2D eigenvalue weighted by Crippen LogP contribution is -2.46. The van der Waals surface area contributed by atoms with Gasteiger partial charge in [0.25, 0.3) is 5.91 Å². The Kier molecular flexibility index (Phi) is 8.80. The molecular weight excluding hydrogens is 402 g/mol. The molecule has 1 aromatic carbocycles. The molecule has 11 heteroatoms. The molecular formula is C18H25N3O7S. The third-order valence-electron chi connectivity index (χ3n) is 3.48. The summed E-state index contributed by atoms with van der Waals surface area (Å²) >= 11 is 0. The van der Waals surface area contributed by atoms with Gasteiger partial charge in [-0.1, -0.05) is 6.07 Å². The van der Waals surface area contributed by atoms with Gasteiger partial charge in [-0.05, 0) is 51.6 Å². The number of carbonyl (C=O) groups is 3. The molecule has 0 saturated carbocycles. The number of benzene rings is 1. The minimum absolute atomic E-state index is 0.0954. The average molecular weight is 427 g/mol. The maximum absolute atomic E-state index is 12.1. The van der Waals surface area contributed by atoms with Crippen molar-refractivity contribution in [2.75, 3.05) is 14.2 Å². The first-order chi connectivity index (χ1) is 13.5. The summed E-state index contributed by atoms with van der Waals surface area (Å²) in [6, 6.07) is 3.45. The van der Waals surface area contributed by atoms with Gasteiger partial charge in [0.2, 0.25) is 10.0 Å². The van der Waals surface area contributed by atoms with Crippen LogP contribution in [0.1, 0.15) is 26.3 Å². The molecule has 0 bridgehead atoms. The third-order valence-corrected chi connectivity index (χ3v) is 4.91. The fourth-order valence-electron chi connectivity index (χ4n) is 2.06. The predicted octanol–water partition coefficient (Wildman–Crippen LogP) is 0.782. The minimum atomic E-state index is -3.77. The number of sulfonamides is 1. The van der Waals surface area contributed by atoms with E-state index in [2.05, 4.69) is 15.4 Å². The van der Waals surface area contributed by atoms with Gasteiger partial charge in [-0.15, -0.1) is 0 Å². The number of nitrogens with one attached hydrogen (secondary N) is 3. The van der Waals surface area contributed by atoms with E-state index >= 15 is 0 Å². The van der Waals surface area contributed by atoms with Gasteiger partial charge in [-0.2, -0.15) is 0 Å². The maximum atomic E-state index is 12.1. The van der Waals surface area contributed by atoms with Crippen LogP contribution >= 0.6 is 0 Å². The molecule has 0 aliphatic carbocycles. The zero-order valence-electron chi connectivity index (χ0n) is 16.8. The summed E-state index contributed by atoms with van der Waals surface area (Å²) in [6.07, 6.45) is 1.16. The molecule has 1 unspecified atom stereocenters. The molecule has 0 saturated heterocycles. The summed E-state index contributed by atoms with van der Waals surface area (Å²) < 4.78 is 36.3. The number of ether oxygens (including phenoxy) is 2. The SMILES string of the molecule is CNS(=O)(=O)c1cc(/C=C/C(=O)OC(C)C(=O)NC(=O)NC(C)C)ccc1OC. The highest BCUT2D eigenvalue weighted by Crippen LogP contribution is 2.25. The first-order valence-electron chi connectivity index (χ1n) is 8.61. The van der Waals surface area contributed by atoms with Crippen molar-refractivity contribution in [3.8, 4) is 5.75 Å². The average Bonchev–Trinajstić information content (AvgIpc) is 2.65. The lowest BCUT2D eigenvalue weighted by molar-refractivity contribution is -0.149. The summed E-state index contributed by atoms with van der Waals surface area (Å²) in [5.74, 6) is -1.48. The Morgan fingerprint density at radius 2 is 1.79 bits per heavy atom. The molecule has 1 atom stereocenters. The van der Waals surface area contributed by atoms with Crippen LogP contribution in [-0.2, 0) is 24.3 Å². The van der Waals surface area contributed by atoms with Crippen LogP contribution in [0, 0.1) is 0 Å². The predicted molar refractivity (Wildman–Crippen MR) is 106 cm³/mol. The molecule has 0 aromatic heterocycles. The zero-order chi connectivity index (χ0) is 22.2. The molecule has 0 heterocycles. The second-order valence-electron chi connectivity index (χ2n) is 6.15. The fourth-order valence-corrected chi connectivity index (χ4v) is 2.99.